The Labute approximate surface area is 136 Å². The Kier molecular flexibility index (Phi) is 3.19. The van der Waals surface area contributed by atoms with E-state index in [-0.39, 0.29) is 17.0 Å². The summed E-state index contributed by atoms with van der Waals surface area (Å²) in [5.41, 5.74) is 3.51. The van der Waals surface area contributed by atoms with Gasteiger partial charge in [-0.05, 0) is 43.2 Å². The minimum absolute atomic E-state index is 0.187. The molecule has 0 N–H and O–H groups in total. The Balaban J connectivity index is 1.87. The highest BCUT2D eigenvalue weighted by Crippen LogP contribution is 2.25. The van der Waals surface area contributed by atoms with Gasteiger partial charge in [-0.15, -0.1) is 0 Å². The van der Waals surface area contributed by atoms with Crippen LogP contribution in [0, 0.1) is 19.7 Å². The average Bonchev–Trinajstić information content (AvgIpc) is 2.91. The van der Waals surface area contributed by atoms with E-state index in [0.717, 1.165) is 22.2 Å². The maximum atomic E-state index is 13.0. The minimum atomic E-state index is -0.311. The van der Waals surface area contributed by atoms with Crippen molar-refractivity contribution in [3.8, 4) is 0 Å². The van der Waals surface area contributed by atoms with Crippen LogP contribution in [0.15, 0.2) is 45.9 Å². The first-order chi connectivity index (χ1) is 11.5. The van der Waals surface area contributed by atoms with Crippen molar-refractivity contribution < 1.29 is 8.81 Å². The highest BCUT2D eigenvalue weighted by atomic mass is 19.1. The van der Waals surface area contributed by atoms with E-state index in [0.29, 0.717) is 17.8 Å². The van der Waals surface area contributed by atoms with E-state index >= 15 is 0 Å². The number of pyridine rings is 1. The quantitative estimate of drug-likeness (QED) is 0.567. The van der Waals surface area contributed by atoms with Gasteiger partial charge in [-0.3, -0.25) is 9.36 Å². The van der Waals surface area contributed by atoms with Crippen LogP contribution in [-0.2, 0) is 6.54 Å². The summed E-state index contributed by atoms with van der Waals surface area (Å²) in [7, 11) is 0. The van der Waals surface area contributed by atoms with Crippen molar-refractivity contribution in [3.05, 3.63) is 69.7 Å². The van der Waals surface area contributed by atoms with Crippen molar-refractivity contribution in [3.63, 3.8) is 0 Å². The van der Waals surface area contributed by atoms with Crippen LogP contribution in [0.1, 0.15) is 16.8 Å². The molecule has 0 spiro atoms. The van der Waals surface area contributed by atoms with Gasteiger partial charge >= 0.3 is 0 Å². The molecule has 0 atom stereocenters. The first kappa shape index (κ1) is 14.6. The molecule has 0 radical (unpaired) electrons. The predicted molar refractivity (Wildman–Crippen MR) is 88.5 cm³/mol. The highest BCUT2D eigenvalue weighted by Gasteiger charge is 2.15. The Hall–Kier alpha value is -3.02. The lowest BCUT2D eigenvalue weighted by molar-refractivity contribution is 0.622. The summed E-state index contributed by atoms with van der Waals surface area (Å²) in [5, 5.41) is 0.735. The largest absolute Gasteiger partial charge is 0.430 e. The van der Waals surface area contributed by atoms with Gasteiger partial charge in [0.05, 0.1) is 18.3 Å². The van der Waals surface area contributed by atoms with Crippen LogP contribution in [0.4, 0.5) is 4.39 Å². The molecule has 1 aromatic carbocycles. The molecular formula is C18H14FN3O2. The molecule has 3 aromatic heterocycles. The van der Waals surface area contributed by atoms with Crippen LogP contribution in [-0.4, -0.2) is 14.5 Å². The summed E-state index contributed by atoms with van der Waals surface area (Å²) in [5.74, 6) is -0.311. The lowest BCUT2D eigenvalue weighted by atomic mass is 10.2. The second-order valence-corrected chi connectivity index (χ2v) is 5.83. The van der Waals surface area contributed by atoms with Crippen molar-refractivity contribution in [2.24, 2.45) is 0 Å². The molecule has 0 saturated heterocycles. The second kappa shape index (κ2) is 5.26. The fraction of sp³-hybridized carbons (Fsp3) is 0.167. The number of furan rings is 1. The van der Waals surface area contributed by atoms with Crippen LogP contribution in [0.2, 0.25) is 0 Å². The summed E-state index contributed by atoms with van der Waals surface area (Å²) < 4.78 is 20.1. The van der Waals surface area contributed by atoms with Crippen LogP contribution in [0.3, 0.4) is 0 Å². The number of fused-ring (bicyclic) bond motifs is 3. The first-order valence-electron chi connectivity index (χ1n) is 7.53. The molecule has 3 heterocycles. The lowest BCUT2D eigenvalue weighted by Crippen LogP contribution is -2.20. The van der Waals surface area contributed by atoms with E-state index in [1.54, 1.807) is 12.1 Å². The summed E-state index contributed by atoms with van der Waals surface area (Å²) in [6.07, 6.45) is 1.48. The molecule has 24 heavy (non-hydrogen) atoms. The van der Waals surface area contributed by atoms with E-state index < -0.39 is 0 Å². The summed E-state index contributed by atoms with van der Waals surface area (Å²) in [6, 6.07) is 7.93. The Morgan fingerprint density at radius 3 is 2.71 bits per heavy atom. The molecule has 4 rings (SSSR count). The third-order valence-electron chi connectivity index (χ3n) is 4.15. The molecule has 5 nitrogen and oxygen atoms in total. The third kappa shape index (κ3) is 2.27. The SMILES string of the molecule is Cc1cc2c(nc1C)oc1c(=O)n(Cc3ccc(F)cc3)cnc12. The number of halogens is 1. The second-order valence-electron chi connectivity index (χ2n) is 5.83. The van der Waals surface area contributed by atoms with Crippen molar-refractivity contribution >= 4 is 22.2 Å². The molecule has 4 aromatic rings. The number of rotatable bonds is 2. The zero-order valence-electron chi connectivity index (χ0n) is 13.2. The van der Waals surface area contributed by atoms with Crippen molar-refractivity contribution in [1.82, 2.24) is 14.5 Å². The first-order valence-corrected chi connectivity index (χ1v) is 7.53. The Morgan fingerprint density at radius 2 is 1.96 bits per heavy atom. The molecule has 6 heteroatoms. The van der Waals surface area contributed by atoms with Crippen molar-refractivity contribution in [1.29, 1.82) is 0 Å². The van der Waals surface area contributed by atoms with Crippen LogP contribution < -0.4 is 5.56 Å². The minimum Gasteiger partial charge on any atom is -0.430 e. The topological polar surface area (TPSA) is 60.9 Å². The van der Waals surface area contributed by atoms with Gasteiger partial charge in [-0.2, -0.15) is 0 Å². The molecule has 0 fully saturated rings. The smallest absolute Gasteiger partial charge is 0.297 e. The molecule has 0 aliphatic rings. The number of hydrogen-bond acceptors (Lipinski definition) is 4. The van der Waals surface area contributed by atoms with E-state index in [9.17, 15) is 9.18 Å². The zero-order valence-corrected chi connectivity index (χ0v) is 13.2. The van der Waals surface area contributed by atoms with E-state index in [1.165, 1.54) is 23.0 Å². The molecule has 120 valence electrons. The van der Waals surface area contributed by atoms with Crippen molar-refractivity contribution in [2.45, 2.75) is 20.4 Å². The summed E-state index contributed by atoms with van der Waals surface area (Å²) >= 11 is 0. The fourth-order valence-electron chi connectivity index (χ4n) is 2.68. The Bertz CT molecular complexity index is 1130. The van der Waals surface area contributed by atoms with Gasteiger partial charge in [0.15, 0.2) is 0 Å². The van der Waals surface area contributed by atoms with Gasteiger partial charge in [0, 0.05) is 5.69 Å². The molecular weight excluding hydrogens is 309 g/mol. The molecule has 0 saturated carbocycles. The van der Waals surface area contributed by atoms with Gasteiger partial charge in [0.25, 0.3) is 5.56 Å². The van der Waals surface area contributed by atoms with Crippen LogP contribution >= 0.6 is 0 Å². The number of nitrogens with zero attached hydrogens (tertiary/aromatic N) is 3. The van der Waals surface area contributed by atoms with Crippen LogP contribution in [0.25, 0.3) is 22.2 Å². The molecule has 0 amide bonds. The zero-order chi connectivity index (χ0) is 16.8. The third-order valence-corrected chi connectivity index (χ3v) is 4.15. The van der Waals surface area contributed by atoms with Crippen molar-refractivity contribution in [2.75, 3.05) is 0 Å². The molecule has 0 unspecified atom stereocenters. The average molecular weight is 323 g/mol. The monoisotopic (exact) mass is 323 g/mol. The lowest BCUT2D eigenvalue weighted by Gasteiger charge is -2.04. The molecule has 0 bridgehead atoms. The van der Waals surface area contributed by atoms with E-state index in [4.69, 9.17) is 4.42 Å². The Morgan fingerprint density at radius 1 is 1.21 bits per heavy atom. The van der Waals surface area contributed by atoms with E-state index in [1.807, 2.05) is 19.9 Å². The van der Waals surface area contributed by atoms with Gasteiger partial charge < -0.3 is 4.42 Å². The normalized spacial score (nSPS) is 11.5. The number of hydrogen-bond donors (Lipinski definition) is 0. The predicted octanol–water partition coefficient (Wildman–Crippen LogP) is 3.34. The highest BCUT2D eigenvalue weighted by molar-refractivity contribution is 6.00. The van der Waals surface area contributed by atoms with Crippen LogP contribution in [0.5, 0.6) is 0 Å². The number of aromatic nitrogens is 3. The van der Waals surface area contributed by atoms with Gasteiger partial charge in [-0.1, -0.05) is 12.1 Å². The fourth-order valence-corrected chi connectivity index (χ4v) is 2.68. The summed E-state index contributed by atoms with van der Waals surface area (Å²) in [4.78, 5) is 21.4. The van der Waals surface area contributed by atoms with Gasteiger partial charge in [-0.25, -0.2) is 14.4 Å². The number of aryl methyl sites for hydroxylation is 2. The molecule has 0 aliphatic heterocycles. The maximum absolute atomic E-state index is 13.0. The summed E-state index contributed by atoms with van der Waals surface area (Å²) in [6.45, 7) is 4.14. The molecule has 0 aliphatic carbocycles. The van der Waals surface area contributed by atoms with E-state index in [2.05, 4.69) is 9.97 Å². The standard InChI is InChI=1S/C18H14FN3O2/c1-10-7-14-15-16(24-17(14)21-11(10)2)18(23)22(9-20-15)8-12-3-5-13(19)6-4-12/h3-7,9H,8H2,1-2H3. The van der Waals surface area contributed by atoms with Gasteiger partial charge in [0.1, 0.15) is 11.3 Å². The number of benzene rings is 1. The maximum Gasteiger partial charge on any atom is 0.297 e. The van der Waals surface area contributed by atoms with Gasteiger partial charge in [0.2, 0.25) is 11.3 Å².